The van der Waals surface area contributed by atoms with Crippen molar-refractivity contribution in [2.45, 2.75) is 6.04 Å². The molecule has 0 bridgehead atoms. The Morgan fingerprint density at radius 3 is 2.78 bits per heavy atom. The number of pyridine rings is 1. The molecule has 0 aliphatic rings. The SMILES string of the molecule is CNC(c1ccco1)c1cncc2ccccc12. The standard InChI is InChI=1S/C15H14N2O/c1-16-15(14-7-4-8-18-14)13-10-17-9-11-5-2-3-6-12(11)13/h2-10,15-16H,1H3. The van der Waals surface area contributed by atoms with Crippen molar-refractivity contribution in [2.24, 2.45) is 0 Å². The van der Waals surface area contributed by atoms with Gasteiger partial charge in [-0.3, -0.25) is 4.98 Å². The number of hydrogen-bond donors (Lipinski definition) is 1. The largest absolute Gasteiger partial charge is 0.467 e. The minimum Gasteiger partial charge on any atom is -0.467 e. The van der Waals surface area contributed by atoms with Crippen molar-refractivity contribution in [1.82, 2.24) is 10.3 Å². The van der Waals surface area contributed by atoms with Crippen molar-refractivity contribution in [1.29, 1.82) is 0 Å². The molecule has 1 N–H and O–H groups in total. The van der Waals surface area contributed by atoms with E-state index in [1.54, 1.807) is 6.26 Å². The summed E-state index contributed by atoms with van der Waals surface area (Å²) in [5, 5.41) is 5.62. The van der Waals surface area contributed by atoms with Gasteiger partial charge in [0.15, 0.2) is 0 Å². The molecule has 18 heavy (non-hydrogen) atoms. The minimum atomic E-state index is 0.0265. The molecule has 1 aromatic carbocycles. The predicted molar refractivity (Wildman–Crippen MR) is 71.4 cm³/mol. The number of hydrogen-bond acceptors (Lipinski definition) is 3. The summed E-state index contributed by atoms with van der Waals surface area (Å²) in [6, 6.07) is 12.1. The number of aromatic nitrogens is 1. The quantitative estimate of drug-likeness (QED) is 0.761. The topological polar surface area (TPSA) is 38.1 Å². The van der Waals surface area contributed by atoms with Crippen LogP contribution in [0.25, 0.3) is 10.8 Å². The van der Waals surface area contributed by atoms with E-state index in [9.17, 15) is 0 Å². The molecule has 3 aromatic rings. The first-order chi connectivity index (χ1) is 8.90. The summed E-state index contributed by atoms with van der Waals surface area (Å²) in [7, 11) is 1.93. The Labute approximate surface area is 105 Å². The molecule has 0 radical (unpaired) electrons. The molecule has 1 atom stereocenters. The highest BCUT2D eigenvalue weighted by molar-refractivity contribution is 5.85. The Kier molecular flexibility index (Phi) is 2.82. The van der Waals surface area contributed by atoms with Crippen LogP contribution in [0.4, 0.5) is 0 Å². The third kappa shape index (κ3) is 1.79. The maximum absolute atomic E-state index is 5.50. The maximum atomic E-state index is 5.50. The molecule has 2 heterocycles. The molecule has 0 amide bonds. The molecule has 3 rings (SSSR count). The van der Waals surface area contributed by atoms with E-state index in [4.69, 9.17) is 4.42 Å². The van der Waals surface area contributed by atoms with Crippen molar-refractivity contribution in [3.05, 3.63) is 66.4 Å². The molecule has 3 heteroatoms. The van der Waals surface area contributed by atoms with E-state index in [1.165, 1.54) is 5.39 Å². The van der Waals surface area contributed by atoms with Gasteiger partial charge in [0, 0.05) is 23.3 Å². The molecule has 0 spiro atoms. The Morgan fingerprint density at radius 1 is 1.11 bits per heavy atom. The second kappa shape index (κ2) is 4.63. The van der Waals surface area contributed by atoms with E-state index in [0.29, 0.717) is 0 Å². The van der Waals surface area contributed by atoms with Crippen LogP contribution >= 0.6 is 0 Å². The van der Waals surface area contributed by atoms with Gasteiger partial charge in [-0.2, -0.15) is 0 Å². The Hall–Kier alpha value is -2.13. The number of fused-ring (bicyclic) bond motifs is 1. The third-order valence-corrected chi connectivity index (χ3v) is 3.13. The van der Waals surface area contributed by atoms with Gasteiger partial charge in [0.05, 0.1) is 12.3 Å². The summed E-state index contributed by atoms with van der Waals surface area (Å²) < 4.78 is 5.50. The summed E-state index contributed by atoms with van der Waals surface area (Å²) >= 11 is 0. The Balaban J connectivity index is 2.18. The van der Waals surface area contributed by atoms with Gasteiger partial charge in [-0.15, -0.1) is 0 Å². The fraction of sp³-hybridized carbons (Fsp3) is 0.133. The van der Waals surface area contributed by atoms with Gasteiger partial charge in [0.1, 0.15) is 5.76 Å². The van der Waals surface area contributed by atoms with Gasteiger partial charge in [-0.1, -0.05) is 24.3 Å². The molecule has 90 valence electrons. The van der Waals surface area contributed by atoms with Crippen LogP contribution in [0.15, 0.2) is 59.5 Å². The van der Waals surface area contributed by atoms with Crippen LogP contribution in [0.2, 0.25) is 0 Å². The third-order valence-electron chi connectivity index (χ3n) is 3.13. The number of benzene rings is 1. The average molecular weight is 238 g/mol. The molecule has 0 aliphatic carbocycles. The number of nitrogens with one attached hydrogen (secondary N) is 1. The van der Waals surface area contributed by atoms with Crippen molar-refractivity contribution < 1.29 is 4.42 Å². The molecule has 0 saturated heterocycles. The highest BCUT2D eigenvalue weighted by Gasteiger charge is 2.17. The number of furan rings is 1. The van der Waals surface area contributed by atoms with Crippen molar-refractivity contribution in [3.63, 3.8) is 0 Å². The molecule has 0 fully saturated rings. The molecule has 0 saturated carbocycles. The second-order valence-corrected chi connectivity index (χ2v) is 4.19. The molecule has 3 nitrogen and oxygen atoms in total. The lowest BCUT2D eigenvalue weighted by molar-refractivity contribution is 0.464. The molecular formula is C15H14N2O. The maximum Gasteiger partial charge on any atom is 0.125 e. The van der Waals surface area contributed by atoms with Gasteiger partial charge in [-0.05, 0) is 24.6 Å². The van der Waals surface area contributed by atoms with E-state index < -0.39 is 0 Å². The van der Waals surface area contributed by atoms with Crippen molar-refractivity contribution in [3.8, 4) is 0 Å². The van der Waals surface area contributed by atoms with Crippen LogP contribution in [-0.4, -0.2) is 12.0 Å². The molecule has 0 aliphatic heterocycles. The van der Waals surface area contributed by atoms with E-state index in [0.717, 1.165) is 16.7 Å². The summed E-state index contributed by atoms with van der Waals surface area (Å²) in [5.41, 5.74) is 1.13. The first kappa shape index (κ1) is 11.0. The van der Waals surface area contributed by atoms with Crippen LogP contribution in [0.1, 0.15) is 17.4 Å². The Morgan fingerprint density at radius 2 is 2.00 bits per heavy atom. The van der Waals surface area contributed by atoms with Crippen molar-refractivity contribution >= 4 is 10.8 Å². The van der Waals surface area contributed by atoms with E-state index >= 15 is 0 Å². The van der Waals surface area contributed by atoms with E-state index in [2.05, 4.69) is 22.4 Å². The van der Waals surface area contributed by atoms with Gasteiger partial charge >= 0.3 is 0 Å². The van der Waals surface area contributed by atoms with Crippen LogP contribution in [0.3, 0.4) is 0 Å². The zero-order chi connectivity index (χ0) is 12.4. The van der Waals surface area contributed by atoms with Crippen LogP contribution in [-0.2, 0) is 0 Å². The zero-order valence-electron chi connectivity index (χ0n) is 10.1. The molecule has 1 unspecified atom stereocenters. The summed E-state index contributed by atoms with van der Waals surface area (Å²) in [5.74, 6) is 0.899. The minimum absolute atomic E-state index is 0.0265. The number of rotatable bonds is 3. The highest BCUT2D eigenvalue weighted by Crippen LogP contribution is 2.27. The lowest BCUT2D eigenvalue weighted by atomic mass is 10.00. The lowest BCUT2D eigenvalue weighted by Crippen LogP contribution is -2.17. The van der Waals surface area contributed by atoms with Gasteiger partial charge < -0.3 is 9.73 Å². The van der Waals surface area contributed by atoms with Crippen molar-refractivity contribution in [2.75, 3.05) is 7.05 Å². The van der Waals surface area contributed by atoms with Gasteiger partial charge in [0.2, 0.25) is 0 Å². The summed E-state index contributed by atoms with van der Waals surface area (Å²) in [4.78, 5) is 4.31. The van der Waals surface area contributed by atoms with Crippen LogP contribution < -0.4 is 5.32 Å². The summed E-state index contributed by atoms with van der Waals surface area (Å²) in [6.45, 7) is 0. The zero-order valence-corrected chi connectivity index (χ0v) is 10.1. The van der Waals surface area contributed by atoms with Crippen LogP contribution in [0.5, 0.6) is 0 Å². The first-order valence-corrected chi connectivity index (χ1v) is 5.93. The lowest BCUT2D eigenvalue weighted by Gasteiger charge is -2.15. The fourth-order valence-corrected chi connectivity index (χ4v) is 2.28. The average Bonchev–Trinajstić information content (AvgIpc) is 2.94. The fourth-order valence-electron chi connectivity index (χ4n) is 2.28. The normalized spacial score (nSPS) is 12.7. The first-order valence-electron chi connectivity index (χ1n) is 5.93. The van der Waals surface area contributed by atoms with Gasteiger partial charge in [0.25, 0.3) is 0 Å². The van der Waals surface area contributed by atoms with Crippen LogP contribution in [0, 0.1) is 0 Å². The summed E-state index contributed by atoms with van der Waals surface area (Å²) in [6.07, 6.45) is 5.47. The molecular weight excluding hydrogens is 224 g/mol. The monoisotopic (exact) mass is 238 g/mol. The van der Waals surface area contributed by atoms with E-state index in [-0.39, 0.29) is 6.04 Å². The second-order valence-electron chi connectivity index (χ2n) is 4.19. The highest BCUT2D eigenvalue weighted by atomic mass is 16.3. The predicted octanol–water partition coefficient (Wildman–Crippen LogP) is 3.14. The van der Waals surface area contributed by atoms with E-state index in [1.807, 2.05) is 43.7 Å². The number of nitrogens with zero attached hydrogens (tertiary/aromatic N) is 1. The molecule has 2 aromatic heterocycles. The van der Waals surface area contributed by atoms with Gasteiger partial charge in [-0.25, -0.2) is 0 Å². The smallest absolute Gasteiger partial charge is 0.125 e. The Bertz CT molecular complexity index is 641.